The average Bonchev–Trinajstić information content (AvgIpc) is 2.51. The average molecular weight is 334 g/mol. The Bertz CT molecular complexity index is 845. The largest absolute Gasteiger partial charge is 0.504 e. The molecule has 2 rings (SSSR count). The van der Waals surface area contributed by atoms with Gasteiger partial charge in [-0.2, -0.15) is 13.5 Å². The Kier molecular flexibility index (Phi) is 4.90. The van der Waals surface area contributed by atoms with Crippen LogP contribution in [0.1, 0.15) is 16.7 Å². The summed E-state index contributed by atoms with van der Waals surface area (Å²) >= 11 is 0. The molecule has 0 aliphatic carbocycles. The predicted octanol–water partition coefficient (Wildman–Crippen LogP) is 2.33. The van der Waals surface area contributed by atoms with Gasteiger partial charge in [0.05, 0.1) is 18.2 Å². The van der Waals surface area contributed by atoms with Crippen LogP contribution in [0.2, 0.25) is 0 Å². The summed E-state index contributed by atoms with van der Waals surface area (Å²) in [7, 11) is -2.29. The normalized spacial score (nSPS) is 11.6. The molecule has 7 heteroatoms. The number of aromatic hydroxyl groups is 1. The quantitative estimate of drug-likeness (QED) is 0.649. The van der Waals surface area contributed by atoms with E-state index in [1.54, 1.807) is 24.3 Å². The van der Waals surface area contributed by atoms with E-state index >= 15 is 0 Å². The Morgan fingerprint density at radius 2 is 1.87 bits per heavy atom. The number of phenolic OH excluding ortho intramolecular Hbond substituents is 1. The molecule has 0 radical (unpaired) electrons. The Balaban J connectivity index is 2.16. The minimum Gasteiger partial charge on any atom is -0.504 e. The van der Waals surface area contributed by atoms with Crippen LogP contribution in [0.3, 0.4) is 0 Å². The maximum absolute atomic E-state index is 12.2. The van der Waals surface area contributed by atoms with Crippen molar-refractivity contribution < 1.29 is 18.3 Å². The number of sulfonamides is 1. The summed E-state index contributed by atoms with van der Waals surface area (Å²) in [6, 6.07) is 9.45. The Labute approximate surface area is 135 Å². The van der Waals surface area contributed by atoms with Gasteiger partial charge >= 0.3 is 0 Å². The van der Waals surface area contributed by atoms with E-state index in [2.05, 4.69) is 9.93 Å². The standard InChI is InChI=1S/C16H18N2O4S/c1-11-4-6-14(8-12(11)2)23(20,21)18-17-10-13-5-7-15(19)16(9-13)22-3/h4-10,18-19H,1-3H3/b17-10+. The fraction of sp³-hybridized carbons (Fsp3) is 0.188. The van der Waals surface area contributed by atoms with Gasteiger partial charge in [-0.1, -0.05) is 6.07 Å². The number of ether oxygens (including phenoxy) is 1. The number of phenols is 1. The number of methoxy groups -OCH3 is 1. The second kappa shape index (κ2) is 6.70. The van der Waals surface area contributed by atoms with Crippen molar-refractivity contribution in [2.75, 3.05) is 7.11 Å². The first kappa shape index (κ1) is 16.8. The van der Waals surface area contributed by atoms with Crippen molar-refractivity contribution >= 4 is 16.2 Å². The van der Waals surface area contributed by atoms with E-state index in [1.165, 1.54) is 25.5 Å². The van der Waals surface area contributed by atoms with Crippen LogP contribution in [0.5, 0.6) is 11.5 Å². The molecule has 2 aromatic carbocycles. The number of nitrogens with zero attached hydrogens (tertiary/aromatic N) is 1. The van der Waals surface area contributed by atoms with Crippen LogP contribution >= 0.6 is 0 Å². The van der Waals surface area contributed by atoms with Crippen molar-refractivity contribution in [1.29, 1.82) is 0 Å². The summed E-state index contributed by atoms with van der Waals surface area (Å²) < 4.78 is 29.3. The van der Waals surface area contributed by atoms with Crippen LogP contribution in [0, 0.1) is 13.8 Å². The third-order valence-corrected chi connectivity index (χ3v) is 4.60. The molecule has 23 heavy (non-hydrogen) atoms. The lowest BCUT2D eigenvalue weighted by Gasteiger charge is -2.06. The molecule has 0 unspecified atom stereocenters. The smallest absolute Gasteiger partial charge is 0.276 e. The number of aryl methyl sites for hydroxylation is 2. The molecule has 122 valence electrons. The molecule has 0 atom stereocenters. The van der Waals surface area contributed by atoms with E-state index in [0.717, 1.165) is 11.1 Å². The minimum atomic E-state index is -3.72. The van der Waals surface area contributed by atoms with Gasteiger partial charge in [-0.05, 0) is 60.9 Å². The zero-order chi connectivity index (χ0) is 17.0. The van der Waals surface area contributed by atoms with E-state index in [-0.39, 0.29) is 16.4 Å². The number of benzene rings is 2. The van der Waals surface area contributed by atoms with Crippen molar-refractivity contribution in [2.24, 2.45) is 5.10 Å². The number of rotatable bonds is 5. The van der Waals surface area contributed by atoms with Gasteiger partial charge in [-0.25, -0.2) is 4.83 Å². The zero-order valence-electron chi connectivity index (χ0n) is 13.1. The number of hydrogen-bond acceptors (Lipinski definition) is 5. The van der Waals surface area contributed by atoms with Gasteiger partial charge in [0.2, 0.25) is 0 Å². The molecule has 2 N–H and O–H groups in total. The molecule has 0 heterocycles. The molecule has 2 aromatic rings. The SMILES string of the molecule is COc1cc(/C=N/NS(=O)(=O)c2ccc(C)c(C)c2)ccc1O. The lowest BCUT2D eigenvalue weighted by atomic mass is 10.1. The van der Waals surface area contributed by atoms with Gasteiger partial charge in [0.1, 0.15) is 0 Å². The molecule has 0 amide bonds. The Morgan fingerprint density at radius 3 is 2.52 bits per heavy atom. The molecule has 0 fully saturated rings. The maximum Gasteiger partial charge on any atom is 0.276 e. The van der Waals surface area contributed by atoms with Crippen molar-refractivity contribution in [1.82, 2.24) is 4.83 Å². The van der Waals surface area contributed by atoms with E-state index in [1.807, 2.05) is 13.8 Å². The molecular formula is C16H18N2O4S. The summed E-state index contributed by atoms with van der Waals surface area (Å²) in [4.78, 5) is 2.31. The van der Waals surface area contributed by atoms with Crippen molar-refractivity contribution in [2.45, 2.75) is 18.7 Å². The second-order valence-corrected chi connectivity index (χ2v) is 6.69. The van der Waals surface area contributed by atoms with Crippen molar-refractivity contribution in [3.63, 3.8) is 0 Å². The van der Waals surface area contributed by atoms with E-state index in [4.69, 9.17) is 4.74 Å². The third-order valence-electron chi connectivity index (χ3n) is 3.38. The van der Waals surface area contributed by atoms with Crippen LogP contribution < -0.4 is 9.57 Å². The summed E-state index contributed by atoms with van der Waals surface area (Å²) in [5.74, 6) is 0.284. The van der Waals surface area contributed by atoms with Gasteiger partial charge in [-0.3, -0.25) is 0 Å². The highest BCUT2D eigenvalue weighted by Gasteiger charge is 2.13. The summed E-state index contributed by atoms with van der Waals surface area (Å²) in [6.45, 7) is 3.76. The molecule has 0 saturated carbocycles. The molecule has 0 aliphatic heterocycles. The van der Waals surface area contributed by atoms with Gasteiger partial charge in [0.15, 0.2) is 11.5 Å². The molecule has 0 saturated heterocycles. The lowest BCUT2D eigenvalue weighted by molar-refractivity contribution is 0.373. The van der Waals surface area contributed by atoms with E-state index < -0.39 is 10.0 Å². The first-order valence-electron chi connectivity index (χ1n) is 6.82. The third kappa shape index (κ3) is 4.01. The zero-order valence-corrected chi connectivity index (χ0v) is 13.9. The fourth-order valence-corrected chi connectivity index (χ4v) is 2.75. The molecular weight excluding hydrogens is 316 g/mol. The van der Waals surface area contributed by atoms with Gasteiger partial charge in [0, 0.05) is 0 Å². The highest BCUT2D eigenvalue weighted by molar-refractivity contribution is 7.89. The molecule has 0 aliphatic rings. The van der Waals surface area contributed by atoms with Crippen LogP contribution in [-0.2, 0) is 10.0 Å². The van der Waals surface area contributed by atoms with Gasteiger partial charge in [0.25, 0.3) is 10.0 Å². The monoisotopic (exact) mass is 334 g/mol. The van der Waals surface area contributed by atoms with Crippen LogP contribution in [0.4, 0.5) is 0 Å². The molecule has 6 nitrogen and oxygen atoms in total. The van der Waals surface area contributed by atoms with Gasteiger partial charge < -0.3 is 9.84 Å². The predicted molar refractivity (Wildman–Crippen MR) is 88.5 cm³/mol. The summed E-state index contributed by atoms with van der Waals surface area (Å²) in [5.41, 5.74) is 2.49. The minimum absolute atomic E-state index is 0.000335. The molecule has 0 bridgehead atoms. The second-order valence-electron chi connectivity index (χ2n) is 5.03. The van der Waals surface area contributed by atoms with E-state index in [9.17, 15) is 13.5 Å². The number of hydrazone groups is 1. The van der Waals surface area contributed by atoms with Crippen LogP contribution in [0.15, 0.2) is 46.4 Å². The van der Waals surface area contributed by atoms with Crippen molar-refractivity contribution in [3.05, 3.63) is 53.1 Å². The van der Waals surface area contributed by atoms with E-state index in [0.29, 0.717) is 5.56 Å². The topological polar surface area (TPSA) is 88.0 Å². The highest BCUT2D eigenvalue weighted by Crippen LogP contribution is 2.25. The maximum atomic E-state index is 12.2. The van der Waals surface area contributed by atoms with Gasteiger partial charge in [-0.15, -0.1) is 0 Å². The summed E-state index contributed by atoms with van der Waals surface area (Å²) in [5, 5.41) is 13.3. The van der Waals surface area contributed by atoms with Crippen LogP contribution in [0.25, 0.3) is 0 Å². The Morgan fingerprint density at radius 1 is 1.13 bits per heavy atom. The first-order chi connectivity index (χ1) is 10.8. The Hall–Kier alpha value is -2.54. The lowest BCUT2D eigenvalue weighted by Crippen LogP contribution is -2.18. The van der Waals surface area contributed by atoms with Crippen molar-refractivity contribution in [3.8, 4) is 11.5 Å². The highest BCUT2D eigenvalue weighted by atomic mass is 32.2. The molecule has 0 spiro atoms. The number of hydrogen-bond donors (Lipinski definition) is 2. The number of nitrogens with one attached hydrogen (secondary N) is 1. The first-order valence-corrected chi connectivity index (χ1v) is 8.31. The summed E-state index contributed by atoms with van der Waals surface area (Å²) in [6.07, 6.45) is 1.33. The van der Waals surface area contributed by atoms with Crippen LogP contribution in [-0.4, -0.2) is 26.8 Å². The fourth-order valence-electron chi connectivity index (χ4n) is 1.88. The molecule has 0 aromatic heterocycles.